The summed E-state index contributed by atoms with van der Waals surface area (Å²) in [5.74, 6) is -0.749. The van der Waals surface area contributed by atoms with Gasteiger partial charge in [0.1, 0.15) is 0 Å². The van der Waals surface area contributed by atoms with Crippen molar-refractivity contribution in [1.29, 1.82) is 0 Å². The highest BCUT2D eigenvalue weighted by atomic mass is 32.2. The van der Waals surface area contributed by atoms with Crippen LogP contribution in [0.15, 0.2) is 23.5 Å². The molecule has 2 rings (SSSR count). The third-order valence-corrected chi connectivity index (χ3v) is 4.19. The van der Waals surface area contributed by atoms with Crippen molar-refractivity contribution < 1.29 is 12.8 Å². The predicted molar refractivity (Wildman–Crippen MR) is 75.7 cm³/mol. The van der Waals surface area contributed by atoms with Gasteiger partial charge in [0.05, 0.1) is 11.9 Å². The number of sulfonamides is 1. The van der Waals surface area contributed by atoms with Gasteiger partial charge in [0.25, 0.3) is 10.0 Å². The number of hydrogen-bond acceptors (Lipinski definition) is 5. The number of H-pyrrole nitrogens is 1. The van der Waals surface area contributed by atoms with Gasteiger partial charge in [-0.15, -0.1) is 0 Å². The van der Waals surface area contributed by atoms with E-state index in [1.165, 1.54) is 12.3 Å². The number of halogens is 1. The SMILES string of the molecule is CCNCc1c(S(=O)(=O)Nc2ccncc2F)n[nH]c1C. The molecule has 21 heavy (non-hydrogen) atoms. The minimum absolute atomic E-state index is 0.142. The zero-order valence-electron chi connectivity index (χ0n) is 11.6. The summed E-state index contributed by atoms with van der Waals surface area (Å²) in [7, 11) is -3.98. The molecule has 0 bridgehead atoms. The minimum atomic E-state index is -3.98. The summed E-state index contributed by atoms with van der Waals surface area (Å²) >= 11 is 0. The average molecular weight is 313 g/mol. The topological polar surface area (TPSA) is 99.8 Å². The number of aryl methyl sites for hydroxylation is 1. The Labute approximate surface area is 122 Å². The van der Waals surface area contributed by atoms with Gasteiger partial charge in [0.2, 0.25) is 5.03 Å². The van der Waals surface area contributed by atoms with Gasteiger partial charge in [0, 0.05) is 24.0 Å². The Morgan fingerprint density at radius 2 is 2.19 bits per heavy atom. The second-order valence-electron chi connectivity index (χ2n) is 4.37. The molecule has 0 aliphatic heterocycles. The van der Waals surface area contributed by atoms with Crippen LogP contribution in [-0.4, -0.2) is 30.1 Å². The maximum Gasteiger partial charge on any atom is 0.281 e. The number of pyridine rings is 1. The Morgan fingerprint density at radius 3 is 2.86 bits per heavy atom. The second-order valence-corrected chi connectivity index (χ2v) is 5.97. The van der Waals surface area contributed by atoms with E-state index >= 15 is 0 Å². The van der Waals surface area contributed by atoms with Crippen LogP contribution in [-0.2, 0) is 16.6 Å². The van der Waals surface area contributed by atoms with E-state index in [9.17, 15) is 12.8 Å². The first kappa shape index (κ1) is 15.4. The highest BCUT2D eigenvalue weighted by molar-refractivity contribution is 7.92. The zero-order valence-corrected chi connectivity index (χ0v) is 12.5. The first-order valence-electron chi connectivity index (χ1n) is 6.32. The fourth-order valence-electron chi connectivity index (χ4n) is 1.76. The molecule has 0 aliphatic carbocycles. The summed E-state index contributed by atoms with van der Waals surface area (Å²) < 4.78 is 40.4. The Kier molecular flexibility index (Phi) is 4.53. The lowest BCUT2D eigenvalue weighted by Crippen LogP contribution is -2.19. The number of hydrogen-bond donors (Lipinski definition) is 3. The fourth-order valence-corrected chi connectivity index (χ4v) is 3.03. The molecule has 0 unspecified atom stereocenters. The number of nitrogens with one attached hydrogen (secondary N) is 3. The van der Waals surface area contributed by atoms with Crippen LogP contribution in [0.3, 0.4) is 0 Å². The van der Waals surface area contributed by atoms with E-state index in [1.54, 1.807) is 6.92 Å². The molecule has 0 saturated carbocycles. The Hall–Kier alpha value is -2.00. The minimum Gasteiger partial charge on any atom is -0.313 e. The van der Waals surface area contributed by atoms with Crippen LogP contribution in [0.2, 0.25) is 0 Å². The van der Waals surface area contributed by atoms with E-state index in [0.29, 0.717) is 24.3 Å². The van der Waals surface area contributed by atoms with Crippen LogP contribution < -0.4 is 10.0 Å². The lowest BCUT2D eigenvalue weighted by atomic mass is 10.2. The van der Waals surface area contributed by atoms with Gasteiger partial charge in [0.15, 0.2) is 5.82 Å². The number of anilines is 1. The molecule has 7 nitrogen and oxygen atoms in total. The van der Waals surface area contributed by atoms with Crippen molar-refractivity contribution in [3.63, 3.8) is 0 Å². The van der Waals surface area contributed by atoms with Crippen molar-refractivity contribution in [2.45, 2.75) is 25.4 Å². The van der Waals surface area contributed by atoms with Crippen molar-refractivity contribution in [2.24, 2.45) is 0 Å². The summed E-state index contributed by atoms with van der Waals surface area (Å²) in [6.07, 6.45) is 2.24. The molecule has 3 N–H and O–H groups in total. The van der Waals surface area contributed by atoms with E-state index in [0.717, 1.165) is 6.20 Å². The quantitative estimate of drug-likeness (QED) is 0.743. The van der Waals surface area contributed by atoms with E-state index < -0.39 is 15.8 Å². The van der Waals surface area contributed by atoms with Crippen molar-refractivity contribution >= 4 is 15.7 Å². The highest BCUT2D eigenvalue weighted by Gasteiger charge is 2.24. The highest BCUT2D eigenvalue weighted by Crippen LogP contribution is 2.21. The molecule has 0 radical (unpaired) electrons. The van der Waals surface area contributed by atoms with E-state index in [1.807, 2.05) is 6.92 Å². The van der Waals surface area contributed by atoms with Crippen molar-refractivity contribution in [3.05, 3.63) is 35.5 Å². The smallest absolute Gasteiger partial charge is 0.281 e. The largest absolute Gasteiger partial charge is 0.313 e. The molecule has 2 aromatic heterocycles. The molecular weight excluding hydrogens is 297 g/mol. The first-order chi connectivity index (χ1) is 9.95. The van der Waals surface area contributed by atoms with Crippen LogP contribution in [0.25, 0.3) is 0 Å². The number of aromatic nitrogens is 3. The zero-order chi connectivity index (χ0) is 15.5. The van der Waals surface area contributed by atoms with E-state index in [2.05, 4.69) is 25.2 Å². The van der Waals surface area contributed by atoms with Gasteiger partial charge >= 0.3 is 0 Å². The lowest BCUT2D eigenvalue weighted by Gasteiger charge is -2.09. The molecule has 0 amide bonds. The van der Waals surface area contributed by atoms with Crippen molar-refractivity contribution in [2.75, 3.05) is 11.3 Å². The first-order valence-corrected chi connectivity index (χ1v) is 7.81. The molecule has 0 fully saturated rings. The Morgan fingerprint density at radius 1 is 1.43 bits per heavy atom. The summed E-state index contributed by atoms with van der Waals surface area (Å²) in [6.45, 7) is 4.68. The molecule has 2 heterocycles. The van der Waals surface area contributed by atoms with Gasteiger partial charge in [-0.2, -0.15) is 13.5 Å². The monoisotopic (exact) mass is 313 g/mol. The third kappa shape index (κ3) is 3.37. The molecule has 9 heteroatoms. The standard InChI is InChI=1S/C12H16FN5O2S/c1-3-14-6-9-8(2)16-17-12(9)21(19,20)18-11-4-5-15-7-10(11)13/h4-5,7,14H,3,6H2,1-2H3,(H,15,18)(H,16,17). The number of rotatable bonds is 6. The maximum absolute atomic E-state index is 13.5. The molecule has 2 aromatic rings. The second kappa shape index (κ2) is 6.19. The Balaban J connectivity index is 2.34. The summed E-state index contributed by atoms with van der Waals surface area (Å²) in [6, 6.07) is 1.25. The average Bonchev–Trinajstić information content (AvgIpc) is 2.81. The van der Waals surface area contributed by atoms with Gasteiger partial charge in [-0.3, -0.25) is 14.8 Å². The molecular formula is C12H16FN5O2S. The van der Waals surface area contributed by atoms with E-state index in [4.69, 9.17) is 0 Å². The van der Waals surface area contributed by atoms with Gasteiger partial charge in [-0.05, 0) is 19.5 Å². The van der Waals surface area contributed by atoms with Crippen molar-refractivity contribution in [3.8, 4) is 0 Å². The maximum atomic E-state index is 13.5. The van der Waals surface area contributed by atoms with Crippen LogP contribution >= 0.6 is 0 Å². The molecule has 0 aromatic carbocycles. The number of nitrogens with zero attached hydrogens (tertiary/aromatic N) is 2. The van der Waals surface area contributed by atoms with Crippen LogP contribution in [0.5, 0.6) is 0 Å². The predicted octanol–water partition coefficient (Wildman–Crippen LogP) is 1.16. The third-order valence-electron chi connectivity index (χ3n) is 2.86. The summed E-state index contributed by atoms with van der Waals surface area (Å²) in [5.41, 5.74) is 1.00. The summed E-state index contributed by atoms with van der Waals surface area (Å²) in [5, 5.41) is 9.35. The van der Waals surface area contributed by atoms with Gasteiger partial charge < -0.3 is 5.32 Å². The molecule has 0 spiro atoms. The van der Waals surface area contributed by atoms with Crippen molar-refractivity contribution in [1.82, 2.24) is 20.5 Å². The lowest BCUT2D eigenvalue weighted by molar-refractivity contribution is 0.591. The summed E-state index contributed by atoms with van der Waals surface area (Å²) in [4.78, 5) is 3.57. The molecule has 114 valence electrons. The molecule has 0 saturated heterocycles. The molecule has 0 aliphatic rings. The van der Waals surface area contributed by atoms with Crippen LogP contribution in [0, 0.1) is 12.7 Å². The Bertz CT molecular complexity index is 729. The van der Waals surface area contributed by atoms with Gasteiger partial charge in [-0.25, -0.2) is 4.39 Å². The van der Waals surface area contributed by atoms with Crippen LogP contribution in [0.1, 0.15) is 18.2 Å². The number of aromatic amines is 1. The van der Waals surface area contributed by atoms with Gasteiger partial charge in [-0.1, -0.05) is 6.92 Å². The normalized spacial score (nSPS) is 11.6. The van der Waals surface area contributed by atoms with Crippen LogP contribution in [0.4, 0.5) is 10.1 Å². The van der Waals surface area contributed by atoms with E-state index in [-0.39, 0.29) is 10.7 Å². The fraction of sp³-hybridized carbons (Fsp3) is 0.333. The molecule has 0 atom stereocenters.